The Morgan fingerprint density at radius 2 is 1.86 bits per heavy atom. The van der Waals surface area contributed by atoms with Crippen LogP contribution >= 0.6 is 0 Å². The molecular formula is C16H14N6. The minimum atomic E-state index is 0.196. The van der Waals surface area contributed by atoms with Crippen molar-refractivity contribution in [2.24, 2.45) is 0 Å². The van der Waals surface area contributed by atoms with E-state index < -0.39 is 0 Å². The van der Waals surface area contributed by atoms with Crippen LogP contribution in [0.4, 0.5) is 5.69 Å². The van der Waals surface area contributed by atoms with Crippen LogP contribution < -0.4 is 5.32 Å². The van der Waals surface area contributed by atoms with Gasteiger partial charge in [0.05, 0.1) is 11.2 Å². The summed E-state index contributed by atoms with van der Waals surface area (Å²) in [7, 11) is 0. The molecule has 0 unspecified atom stereocenters. The van der Waals surface area contributed by atoms with E-state index in [0.29, 0.717) is 5.69 Å². The molecule has 2 heterocycles. The minimum Gasteiger partial charge on any atom is -0.380 e. The second-order valence-corrected chi connectivity index (χ2v) is 5.19. The van der Waals surface area contributed by atoms with Gasteiger partial charge in [0, 0.05) is 29.4 Å². The van der Waals surface area contributed by atoms with E-state index in [2.05, 4.69) is 31.6 Å². The molecule has 0 aliphatic heterocycles. The summed E-state index contributed by atoms with van der Waals surface area (Å²) >= 11 is 0. The van der Waals surface area contributed by atoms with Crippen molar-refractivity contribution in [1.82, 2.24) is 20.2 Å². The first-order valence-corrected chi connectivity index (χ1v) is 6.91. The molecule has 2 aromatic heterocycles. The smallest absolute Gasteiger partial charge is 0.186 e. The molecule has 6 heteroatoms. The Balaban J connectivity index is 2.17. The van der Waals surface area contributed by atoms with Gasteiger partial charge in [0.2, 0.25) is 0 Å². The Morgan fingerprint density at radius 1 is 1.09 bits per heavy atom. The molecule has 0 spiro atoms. The predicted octanol–water partition coefficient (Wildman–Crippen LogP) is 2.78. The molecule has 6 nitrogen and oxygen atoms in total. The largest absolute Gasteiger partial charge is 0.380 e. The third-order valence-corrected chi connectivity index (χ3v) is 3.19. The number of nitriles is 1. The minimum absolute atomic E-state index is 0.196. The summed E-state index contributed by atoms with van der Waals surface area (Å²) in [6, 6.07) is 8.11. The third-order valence-electron chi connectivity index (χ3n) is 3.19. The van der Waals surface area contributed by atoms with E-state index in [1.807, 2.05) is 32.0 Å². The summed E-state index contributed by atoms with van der Waals surface area (Å²) in [5.74, 6) is 0. The molecule has 22 heavy (non-hydrogen) atoms. The van der Waals surface area contributed by atoms with Gasteiger partial charge in [0.25, 0.3) is 0 Å². The van der Waals surface area contributed by atoms with Gasteiger partial charge in [0.15, 0.2) is 5.69 Å². The molecule has 0 aliphatic carbocycles. The third kappa shape index (κ3) is 2.56. The van der Waals surface area contributed by atoms with Gasteiger partial charge in [-0.15, -0.1) is 10.2 Å². The van der Waals surface area contributed by atoms with Crippen molar-refractivity contribution in [3.05, 3.63) is 42.6 Å². The highest BCUT2D eigenvalue weighted by Crippen LogP contribution is 2.28. The van der Waals surface area contributed by atoms with Crippen molar-refractivity contribution in [3.8, 4) is 17.2 Å². The van der Waals surface area contributed by atoms with E-state index in [0.717, 1.165) is 27.7 Å². The Labute approximate surface area is 127 Å². The lowest BCUT2D eigenvalue weighted by Crippen LogP contribution is -2.12. The summed E-state index contributed by atoms with van der Waals surface area (Å²) in [5.41, 5.74) is 3.62. The van der Waals surface area contributed by atoms with Crippen LogP contribution in [0.2, 0.25) is 0 Å². The fourth-order valence-corrected chi connectivity index (χ4v) is 2.25. The number of nitrogens with zero attached hydrogens (tertiary/aromatic N) is 5. The molecule has 0 atom stereocenters. The van der Waals surface area contributed by atoms with Crippen molar-refractivity contribution in [2.75, 3.05) is 5.32 Å². The van der Waals surface area contributed by atoms with Gasteiger partial charge in [-0.1, -0.05) is 6.07 Å². The van der Waals surface area contributed by atoms with Crippen LogP contribution in [0.3, 0.4) is 0 Å². The molecule has 0 saturated carbocycles. The lowest BCUT2D eigenvalue weighted by atomic mass is 10.1. The molecule has 0 bridgehead atoms. The molecule has 0 saturated heterocycles. The Hall–Kier alpha value is -3.07. The molecule has 1 aromatic carbocycles. The topological polar surface area (TPSA) is 87.4 Å². The van der Waals surface area contributed by atoms with E-state index in [1.54, 1.807) is 12.4 Å². The van der Waals surface area contributed by atoms with Crippen molar-refractivity contribution in [2.45, 2.75) is 19.9 Å². The maximum absolute atomic E-state index is 9.21. The lowest BCUT2D eigenvalue weighted by molar-refractivity contribution is 0.894. The molecule has 108 valence electrons. The Morgan fingerprint density at radius 3 is 2.55 bits per heavy atom. The van der Waals surface area contributed by atoms with Crippen molar-refractivity contribution in [1.29, 1.82) is 5.26 Å². The zero-order valence-corrected chi connectivity index (χ0v) is 12.3. The SMILES string of the molecule is CC(C)Nc1c(C#N)nnc2cc(-c3cncnc3)ccc12. The van der Waals surface area contributed by atoms with Gasteiger partial charge >= 0.3 is 0 Å². The van der Waals surface area contributed by atoms with Crippen LogP contribution in [0, 0.1) is 11.3 Å². The van der Waals surface area contributed by atoms with Crippen molar-refractivity contribution in [3.63, 3.8) is 0 Å². The monoisotopic (exact) mass is 290 g/mol. The quantitative estimate of drug-likeness (QED) is 0.798. The Kier molecular flexibility index (Phi) is 3.62. The van der Waals surface area contributed by atoms with E-state index >= 15 is 0 Å². The number of nitrogens with one attached hydrogen (secondary N) is 1. The van der Waals surface area contributed by atoms with Gasteiger partial charge in [-0.05, 0) is 31.5 Å². The van der Waals surface area contributed by atoms with Gasteiger partial charge in [-0.2, -0.15) is 5.26 Å². The fraction of sp³-hybridized carbons (Fsp3) is 0.188. The number of fused-ring (bicyclic) bond motifs is 1. The summed E-state index contributed by atoms with van der Waals surface area (Å²) in [6.07, 6.45) is 4.99. The summed E-state index contributed by atoms with van der Waals surface area (Å²) in [5, 5.41) is 21.5. The average Bonchev–Trinajstić information content (AvgIpc) is 2.55. The van der Waals surface area contributed by atoms with Crippen LogP contribution in [0.15, 0.2) is 36.9 Å². The zero-order chi connectivity index (χ0) is 15.5. The molecule has 0 amide bonds. The normalized spacial score (nSPS) is 10.6. The number of aromatic nitrogens is 4. The van der Waals surface area contributed by atoms with Gasteiger partial charge in [-0.3, -0.25) is 0 Å². The lowest BCUT2D eigenvalue weighted by Gasteiger charge is -2.13. The van der Waals surface area contributed by atoms with E-state index in [1.165, 1.54) is 6.33 Å². The van der Waals surface area contributed by atoms with E-state index in [9.17, 15) is 5.26 Å². The highest BCUT2D eigenvalue weighted by Gasteiger charge is 2.12. The fourth-order valence-electron chi connectivity index (χ4n) is 2.25. The summed E-state index contributed by atoms with van der Waals surface area (Å²) < 4.78 is 0. The average molecular weight is 290 g/mol. The maximum Gasteiger partial charge on any atom is 0.186 e. The first-order chi connectivity index (χ1) is 10.7. The number of benzene rings is 1. The van der Waals surface area contributed by atoms with Crippen molar-refractivity contribution < 1.29 is 0 Å². The number of hydrogen-bond donors (Lipinski definition) is 1. The standard InChI is InChI=1S/C16H14N6/c1-10(2)20-16-13-4-3-11(12-7-18-9-19-8-12)5-14(13)21-22-15(16)6-17/h3-5,7-10H,1-2H3,(H,20,21). The van der Waals surface area contributed by atoms with Gasteiger partial charge in [-0.25, -0.2) is 9.97 Å². The van der Waals surface area contributed by atoms with Gasteiger partial charge in [0.1, 0.15) is 12.4 Å². The van der Waals surface area contributed by atoms with Crippen LogP contribution in [0.1, 0.15) is 19.5 Å². The first-order valence-electron chi connectivity index (χ1n) is 6.91. The van der Waals surface area contributed by atoms with E-state index in [4.69, 9.17) is 0 Å². The molecular weight excluding hydrogens is 276 g/mol. The molecule has 0 radical (unpaired) electrons. The Bertz CT molecular complexity index is 852. The molecule has 3 rings (SSSR count). The van der Waals surface area contributed by atoms with E-state index in [-0.39, 0.29) is 6.04 Å². The van der Waals surface area contributed by atoms with Gasteiger partial charge < -0.3 is 5.32 Å². The highest BCUT2D eigenvalue weighted by atomic mass is 15.1. The predicted molar refractivity (Wildman–Crippen MR) is 84.0 cm³/mol. The molecule has 1 N–H and O–H groups in total. The summed E-state index contributed by atoms with van der Waals surface area (Å²) in [4.78, 5) is 8.05. The number of anilines is 1. The molecule has 0 aliphatic rings. The zero-order valence-electron chi connectivity index (χ0n) is 12.3. The van der Waals surface area contributed by atoms with Crippen LogP contribution in [-0.2, 0) is 0 Å². The number of hydrogen-bond acceptors (Lipinski definition) is 6. The van der Waals surface area contributed by atoms with Crippen LogP contribution in [0.5, 0.6) is 0 Å². The molecule has 0 fully saturated rings. The first kappa shape index (κ1) is 13.9. The van der Waals surface area contributed by atoms with Crippen LogP contribution in [-0.4, -0.2) is 26.2 Å². The highest BCUT2D eigenvalue weighted by molar-refractivity contribution is 5.95. The maximum atomic E-state index is 9.21. The second kappa shape index (κ2) is 5.74. The molecule has 3 aromatic rings. The number of rotatable bonds is 3. The van der Waals surface area contributed by atoms with Crippen molar-refractivity contribution >= 4 is 16.6 Å². The second-order valence-electron chi connectivity index (χ2n) is 5.19. The van der Waals surface area contributed by atoms with Crippen LogP contribution in [0.25, 0.3) is 22.0 Å². The summed E-state index contributed by atoms with van der Waals surface area (Å²) in [6.45, 7) is 4.03.